The van der Waals surface area contributed by atoms with Gasteiger partial charge in [0.15, 0.2) is 0 Å². The molecule has 0 aliphatic rings. The molecule has 0 N–H and O–H groups in total. The van der Waals surface area contributed by atoms with E-state index in [0.29, 0.717) is 0 Å². The molecule has 0 atom stereocenters. The molecule has 2 aromatic heterocycles. The summed E-state index contributed by atoms with van der Waals surface area (Å²) in [4.78, 5) is 0. The van der Waals surface area contributed by atoms with Crippen molar-refractivity contribution in [2.75, 3.05) is 0 Å². The van der Waals surface area contributed by atoms with Crippen molar-refractivity contribution in [3.63, 3.8) is 0 Å². The molecule has 0 fully saturated rings. The van der Waals surface area contributed by atoms with Crippen LogP contribution in [0, 0.1) is 0 Å². The first-order valence-electron chi connectivity index (χ1n) is 9.63. The van der Waals surface area contributed by atoms with E-state index in [4.69, 9.17) is 0 Å². The molecule has 1 nitrogen and oxygen atoms in total. The number of hydrogen-bond acceptors (Lipinski definition) is 0. The van der Waals surface area contributed by atoms with Crippen molar-refractivity contribution in [3.05, 3.63) is 72.8 Å². The van der Waals surface area contributed by atoms with Crippen molar-refractivity contribution in [1.29, 1.82) is 0 Å². The molecule has 0 aliphatic heterocycles. The average molecular weight is 364 g/mol. The van der Waals surface area contributed by atoms with Gasteiger partial charge in [0.05, 0.1) is 24.6 Å². The van der Waals surface area contributed by atoms with E-state index in [2.05, 4.69) is 96.8 Å². The second kappa shape index (κ2) is 4.90. The van der Waals surface area contributed by atoms with Crippen LogP contribution in [0.2, 0.25) is 19.6 Å². The van der Waals surface area contributed by atoms with E-state index >= 15 is 0 Å². The summed E-state index contributed by atoms with van der Waals surface area (Å²) in [5, 5.41) is 9.71. The highest BCUT2D eigenvalue weighted by Gasteiger charge is 2.23. The molecule has 2 heterocycles. The van der Waals surface area contributed by atoms with Gasteiger partial charge in [0.2, 0.25) is 0 Å². The third kappa shape index (κ3) is 1.94. The molecule has 0 radical (unpaired) electrons. The summed E-state index contributed by atoms with van der Waals surface area (Å²) in [7, 11) is -1.42. The minimum atomic E-state index is -1.42. The highest BCUT2D eigenvalue weighted by atomic mass is 28.3. The number of hydrogen-bond donors (Lipinski definition) is 0. The van der Waals surface area contributed by atoms with E-state index < -0.39 is 8.07 Å². The summed E-state index contributed by atoms with van der Waals surface area (Å²) in [5.41, 5.74) is 4.02. The maximum absolute atomic E-state index is 2.48. The lowest BCUT2D eigenvalue weighted by atomic mass is 10.0. The summed E-state index contributed by atoms with van der Waals surface area (Å²) in [6.07, 6.45) is 0. The Labute approximate surface area is 159 Å². The van der Waals surface area contributed by atoms with Crippen LogP contribution in [-0.4, -0.2) is 12.5 Å². The van der Waals surface area contributed by atoms with Crippen molar-refractivity contribution in [2.24, 2.45) is 0 Å². The van der Waals surface area contributed by atoms with E-state index in [0.717, 1.165) is 0 Å². The molecule has 0 aliphatic carbocycles. The summed E-state index contributed by atoms with van der Waals surface area (Å²) in [5.74, 6) is 0. The lowest BCUT2D eigenvalue weighted by Crippen LogP contribution is -2.37. The Hall–Kier alpha value is -2.84. The second-order valence-electron chi connectivity index (χ2n) is 8.74. The molecule has 0 bridgehead atoms. The Balaban J connectivity index is 1.96. The van der Waals surface area contributed by atoms with Crippen LogP contribution in [0.3, 0.4) is 0 Å². The van der Waals surface area contributed by atoms with Gasteiger partial charge in [-0.1, -0.05) is 79.4 Å². The van der Waals surface area contributed by atoms with Gasteiger partial charge in [0, 0.05) is 21.5 Å². The lowest BCUT2D eigenvalue weighted by molar-refractivity contribution is 1.37. The summed E-state index contributed by atoms with van der Waals surface area (Å²) in [6.45, 7) is 7.32. The first kappa shape index (κ1) is 15.2. The predicted octanol–water partition coefficient (Wildman–Crippen LogP) is 6.54. The number of fused-ring (bicyclic) bond motifs is 7. The van der Waals surface area contributed by atoms with E-state index in [1.54, 1.807) is 0 Å². The Morgan fingerprint density at radius 3 is 1.96 bits per heavy atom. The van der Waals surface area contributed by atoms with Gasteiger partial charge in [-0.15, -0.1) is 0 Å². The molecule has 0 amide bonds. The molecular formula is C25H21NSi. The zero-order chi connectivity index (χ0) is 18.3. The highest BCUT2D eigenvalue weighted by molar-refractivity contribution is 6.89. The molecule has 0 saturated heterocycles. The fourth-order valence-electron chi connectivity index (χ4n) is 4.62. The number of rotatable bonds is 1. The molecule has 4 aromatic carbocycles. The second-order valence-corrected chi connectivity index (χ2v) is 13.8. The molecule has 2 heteroatoms. The van der Waals surface area contributed by atoms with Gasteiger partial charge in [-0.2, -0.15) is 0 Å². The number of aromatic nitrogens is 1. The van der Waals surface area contributed by atoms with Gasteiger partial charge in [-0.3, -0.25) is 0 Å². The third-order valence-electron chi connectivity index (χ3n) is 6.03. The summed E-state index contributed by atoms with van der Waals surface area (Å²) in [6, 6.07) is 27.3. The smallest absolute Gasteiger partial charge is 0.0776 e. The molecule has 0 unspecified atom stereocenters. The highest BCUT2D eigenvalue weighted by Crippen LogP contribution is 2.40. The zero-order valence-electron chi connectivity index (χ0n) is 15.9. The van der Waals surface area contributed by atoms with E-state index in [-0.39, 0.29) is 0 Å². The monoisotopic (exact) mass is 363 g/mol. The Morgan fingerprint density at radius 1 is 0.593 bits per heavy atom. The fourth-order valence-corrected chi connectivity index (χ4v) is 5.77. The largest absolute Gasteiger partial charge is 0.308 e. The van der Waals surface area contributed by atoms with E-state index in [1.165, 1.54) is 54.1 Å². The van der Waals surface area contributed by atoms with Gasteiger partial charge in [0.25, 0.3) is 0 Å². The van der Waals surface area contributed by atoms with E-state index in [9.17, 15) is 0 Å². The Morgan fingerprint density at radius 2 is 1.22 bits per heavy atom. The maximum atomic E-state index is 2.48. The molecule has 6 rings (SSSR count). The van der Waals surface area contributed by atoms with Crippen molar-refractivity contribution in [2.45, 2.75) is 19.6 Å². The van der Waals surface area contributed by atoms with Gasteiger partial charge in [-0.25, -0.2) is 0 Å². The van der Waals surface area contributed by atoms with Gasteiger partial charge in [-0.05, 0) is 29.0 Å². The van der Waals surface area contributed by atoms with Crippen LogP contribution in [-0.2, 0) is 0 Å². The lowest BCUT2D eigenvalue weighted by Gasteiger charge is -2.17. The zero-order valence-corrected chi connectivity index (χ0v) is 16.9. The summed E-state index contributed by atoms with van der Waals surface area (Å²) >= 11 is 0. The fraction of sp³-hybridized carbons (Fsp3) is 0.120. The van der Waals surface area contributed by atoms with Crippen LogP contribution in [0.4, 0.5) is 0 Å². The Bertz CT molecular complexity index is 1500. The minimum Gasteiger partial charge on any atom is -0.308 e. The third-order valence-corrected chi connectivity index (χ3v) is 8.05. The first-order valence-corrected chi connectivity index (χ1v) is 13.1. The van der Waals surface area contributed by atoms with Crippen molar-refractivity contribution >= 4 is 62.1 Å². The van der Waals surface area contributed by atoms with E-state index in [1.807, 2.05) is 0 Å². The normalized spacial score (nSPS) is 13.0. The minimum absolute atomic E-state index is 1.31. The predicted molar refractivity (Wildman–Crippen MR) is 122 cm³/mol. The van der Waals surface area contributed by atoms with Gasteiger partial charge >= 0.3 is 0 Å². The van der Waals surface area contributed by atoms with Crippen LogP contribution < -0.4 is 5.19 Å². The van der Waals surface area contributed by atoms with Crippen molar-refractivity contribution < 1.29 is 0 Å². The Kier molecular flexibility index (Phi) is 2.77. The van der Waals surface area contributed by atoms with Crippen LogP contribution in [0.1, 0.15) is 0 Å². The van der Waals surface area contributed by atoms with Crippen LogP contribution >= 0.6 is 0 Å². The topological polar surface area (TPSA) is 4.41 Å². The quantitative estimate of drug-likeness (QED) is 0.292. The van der Waals surface area contributed by atoms with Crippen LogP contribution in [0.5, 0.6) is 0 Å². The molecule has 27 heavy (non-hydrogen) atoms. The van der Waals surface area contributed by atoms with Gasteiger partial charge in [0.1, 0.15) is 0 Å². The summed E-state index contributed by atoms with van der Waals surface area (Å²) < 4.78 is 2.48. The molecule has 0 spiro atoms. The molecule has 6 aromatic rings. The number of para-hydroxylation sites is 1. The number of benzene rings is 4. The SMILES string of the molecule is C[Si](C)(C)c1cc2c3ccccc3n3c4cc5ccccc5cc4c(c1)c23. The van der Waals surface area contributed by atoms with Crippen LogP contribution in [0.15, 0.2) is 72.8 Å². The van der Waals surface area contributed by atoms with Gasteiger partial charge < -0.3 is 4.40 Å². The number of nitrogens with zero attached hydrogens (tertiary/aromatic N) is 1. The standard InChI is InChI=1S/C25H21NSi/c1-27(2,3)18-14-21-19-10-6-7-11-23(19)26-24-13-17-9-5-4-8-16(17)12-20(24)22(15-18)25(21)26/h4-15H,1-3H3. The maximum Gasteiger partial charge on any atom is 0.0776 e. The molecule has 130 valence electrons. The van der Waals surface area contributed by atoms with Crippen molar-refractivity contribution in [1.82, 2.24) is 4.40 Å². The average Bonchev–Trinajstić information content (AvgIpc) is 3.16. The van der Waals surface area contributed by atoms with Crippen LogP contribution in [0.25, 0.3) is 48.9 Å². The molecule has 0 saturated carbocycles. The molecular weight excluding hydrogens is 342 g/mol. The first-order chi connectivity index (χ1) is 13.0. The van der Waals surface area contributed by atoms with Crippen molar-refractivity contribution in [3.8, 4) is 0 Å².